The Morgan fingerprint density at radius 2 is 2.05 bits per heavy atom. The number of aromatic nitrogens is 2. The molecule has 0 saturated carbocycles. The van der Waals surface area contributed by atoms with Crippen molar-refractivity contribution in [3.05, 3.63) is 5.01 Å². The summed E-state index contributed by atoms with van der Waals surface area (Å²) in [6, 6.07) is 0. The number of hydrogen-bond acceptors (Lipinski definition) is 6. The molecule has 0 spiro atoms. The van der Waals surface area contributed by atoms with Gasteiger partial charge in [0, 0.05) is 20.0 Å². The van der Waals surface area contributed by atoms with Gasteiger partial charge in [0.1, 0.15) is 5.01 Å². The van der Waals surface area contributed by atoms with Crippen LogP contribution in [0, 0.1) is 5.92 Å². The quantitative estimate of drug-likeness (QED) is 0.661. The summed E-state index contributed by atoms with van der Waals surface area (Å²) in [6.45, 7) is 5.40. The highest BCUT2D eigenvalue weighted by atomic mass is 32.2. The lowest BCUT2D eigenvalue weighted by Gasteiger charge is -2.16. The third-order valence-corrected chi connectivity index (χ3v) is 5.02. The zero-order valence-corrected chi connectivity index (χ0v) is 14.0. The van der Waals surface area contributed by atoms with Crippen LogP contribution in [0.15, 0.2) is 0 Å². The topological polar surface area (TPSA) is 87.2 Å². The minimum atomic E-state index is -3.55. The molecule has 0 aromatic carbocycles. The molecule has 116 valence electrons. The molecular formula is C11H23N5O2S2. The van der Waals surface area contributed by atoms with Crippen LogP contribution in [-0.4, -0.2) is 50.1 Å². The molecule has 0 aliphatic rings. The number of anilines is 1. The molecule has 0 atom stereocenters. The number of hydrogen-bond donors (Lipinski definition) is 2. The maximum Gasteiger partial charge on any atom is 0.303 e. The predicted octanol–water partition coefficient (Wildman–Crippen LogP) is 0.935. The largest absolute Gasteiger partial charge is 0.320 e. The molecule has 20 heavy (non-hydrogen) atoms. The van der Waals surface area contributed by atoms with Gasteiger partial charge in [-0.15, -0.1) is 10.2 Å². The zero-order valence-electron chi connectivity index (χ0n) is 12.4. The molecule has 0 fully saturated rings. The fraction of sp³-hybridized carbons (Fsp3) is 0.818. The van der Waals surface area contributed by atoms with Crippen LogP contribution in [-0.2, 0) is 16.6 Å². The Kier molecular flexibility index (Phi) is 6.80. The summed E-state index contributed by atoms with van der Waals surface area (Å²) in [5.41, 5.74) is 0. The highest BCUT2D eigenvalue weighted by molar-refractivity contribution is 7.90. The molecule has 9 heteroatoms. The summed E-state index contributed by atoms with van der Waals surface area (Å²) in [7, 11) is -0.158. The van der Waals surface area contributed by atoms with Crippen molar-refractivity contribution < 1.29 is 8.42 Å². The molecular weight excluding hydrogens is 298 g/mol. The summed E-state index contributed by atoms with van der Waals surface area (Å²) < 4.78 is 27.9. The summed E-state index contributed by atoms with van der Waals surface area (Å²) in [4.78, 5) is 0. The van der Waals surface area contributed by atoms with Crippen LogP contribution in [0.1, 0.15) is 25.3 Å². The summed E-state index contributed by atoms with van der Waals surface area (Å²) in [6.07, 6.45) is 1.56. The van der Waals surface area contributed by atoms with Crippen LogP contribution in [0.25, 0.3) is 0 Å². The molecule has 1 aromatic heterocycles. The molecule has 0 bridgehead atoms. The first-order valence-electron chi connectivity index (χ1n) is 6.56. The van der Waals surface area contributed by atoms with E-state index in [4.69, 9.17) is 0 Å². The van der Waals surface area contributed by atoms with E-state index in [9.17, 15) is 8.42 Å². The van der Waals surface area contributed by atoms with E-state index in [1.807, 2.05) is 7.05 Å². The van der Waals surface area contributed by atoms with E-state index < -0.39 is 10.2 Å². The summed E-state index contributed by atoms with van der Waals surface area (Å²) >= 11 is 1.28. The van der Waals surface area contributed by atoms with Crippen molar-refractivity contribution in [2.45, 2.75) is 26.7 Å². The maximum atomic E-state index is 12.1. The number of rotatable bonds is 9. The van der Waals surface area contributed by atoms with Crippen LogP contribution in [0.5, 0.6) is 0 Å². The van der Waals surface area contributed by atoms with Gasteiger partial charge in [-0.1, -0.05) is 25.2 Å². The second-order valence-electron chi connectivity index (χ2n) is 4.98. The summed E-state index contributed by atoms with van der Waals surface area (Å²) in [5.74, 6) is 0.469. The van der Waals surface area contributed by atoms with Crippen molar-refractivity contribution in [1.29, 1.82) is 0 Å². The van der Waals surface area contributed by atoms with E-state index >= 15 is 0 Å². The molecule has 0 unspecified atom stereocenters. The molecule has 2 N–H and O–H groups in total. The van der Waals surface area contributed by atoms with E-state index in [2.05, 4.69) is 34.1 Å². The number of nitrogens with one attached hydrogen (secondary N) is 2. The molecule has 0 saturated heterocycles. The molecule has 1 heterocycles. The van der Waals surface area contributed by atoms with Gasteiger partial charge < -0.3 is 5.32 Å². The second-order valence-corrected chi connectivity index (χ2v) is 7.82. The minimum Gasteiger partial charge on any atom is -0.320 e. The average molecular weight is 321 g/mol. The lowest BCUT2D eigenvalue weighted by Crippen LogP contribution is -2.34. The third-order valence-electron chi connectivity index (χ3n) is 2.58. The highest BCUT2D eigenvalue weighted by Crippen LogP contribution is 2.19. The maximum absolute atomic E-state index is 12.1. The Hall–Kier alpha value is -0.770. The van der Waals surface area contributed by atoms with Crippen molar-refractivity contribution in [2.75, 3.05) is 31.9 Å². The fourth-order valence-electron chi connectivity index (χ4n) is 1.51. The second kappa shape index (κ2) is 7.87. The lowest BCUT2D eigenvalue weighted by atomic mass is 10.1. The van der Waals surface area contributed by atoms with Gasteiger partial charge in [0.05, 0.1) is 0 Å². The van der Waals surface area contributed by atoms with Crippen molar-refractivity contribution in [3.63, 3.8) is 0 Å². The van der Waals surface area contributed by atoms with Gasteiger partial charge in [-0.25, -0.2) is 4.72 Å². The SMILES string of the molecule is CNCCCN(C)S(=O)(=O)Nc1nnc(CC(C)C)s1. The van der Waals surface area contributed by atoms with Crippen molar-refractivity contribution >= 4 is 26.7 Å². The van der Waals surface area contributed by atoms with Gasteiger partial charge in [-0.05, 0) is 25.9 Å². The molecule has 7 nitrogen and oxygen atoms in total. The standard InChI is InChI=1S/C11H23N5O2S2/c1-9(2)8-10-13-14-11(19-10)15-20(17,18)16(4)7-5-6-12-3/h9,12H,5-8H2,1-4H3,(H,14,15). The highest BCUT2D eigenvalue weighted by Gasteiger charge is 2.19. The molecule has 1 aromatic rings. The average Bonchev–Trinajstić information content (AvgIpc) is 2.74. The van der Waals surface area contributed by atoms with Crippen LogP contribution < -0.4 is 10.0 Å². The fourth-order valence-corrected chi connectivity index (χ4v) is 3.59. The Balaban J connectivity index is 2.59. The molecule has 0 aliphatic heterocycles. The Labute approximate surface area is 125 Å². The monoisotopic (exact) mass is 321 g/mol. The van der Waals surface area contributed by atoms with Crippen LogP contribution in [0.2, 0.25) is 0 Å². The first-order chi connectivity index (χ1) is 9.35. The van der Waals surface area contributed by atoms with E-state index in [-0.39, 0.29) is 0 Å². The molecule has 0 aliphatic carbocycles. The molecule has 0 radical (unpaired) electrons. The van der Waals surface area contributed by atoms with Gasteiger partial charge in [-0.3, -0.25) is 0 Å². The van der Waals surface area contributed by atoms with Crippen LogP contribution in [0.4, 0.5) is 5.13 Å². The van der Waals surface area contributed by atoms with E-state index in [1.165, 1.54) is 15.6 Å². The summed E-state index contributed by atoms with van der Waals surface area (Å²) in [5, 5.41) is 12.0. The van der Waals surface area contributed by atoms with Gasteiger partial charge in [0.2, 0.25) is 5.13 Å². The lowest BCUT2D eigenvalue weighted by molar-refractivity contribution is 0.462. The van der Waals surface area contributed by atoms with Gasteiger partial charge in [0.25, 0.3) is 0 Å². The van der Waals surface area contributed by atoms with Gasteiger partial charge in [0.15, 0.2) is 0 Å². The Bertz CT molecular complexity index is 501. The molecule has 1 rings (SSSR count). The van der Waals surface area contributed by atoms with Crippen molar-refractivity contribution in [3.8, 4) is 0 Å². The smallest absolute Gasteiger partial charge is 0.303 e. The van der Waals surface area contributed by atoms with Gasteiger partial charge in [-0.2, -0.15) is 12.7 Å². The Morgan fingerprint density at radius 1 is 1.35 bits per heavy atom. The third kappa shape index (κ3) is 5.70. The first kappa shape index (κ1) is 17.3. The van der Waals surface area contributed by atoms with E-state index in [1.54, 1.807) is 7.05 Å². The van der Waals surface area contributed by atoms with Crippen LogP contribution in [0.3, 0.4) is 0 Å². The van der Waals surface area contributed by atoms with Crippen LogP contribution >= 0.6 is 11.3 Å². The first-order valence-corrected chi connectivity index (χ1v) is 8.82. The van der Waals surface area contributed by atoms with E-state index in [0.29, 0.717) is 17.6 Å². The zero-order chi connectivity index (χ0) is 15.2. The minimum absolute atomic E-state index is 0.320. The van der Waals surface area contributed by atoms with E-state index in [0.717, 1.165) is 24.4 Å². The Morgan fingerprint density at radius 3 is 2.65 bits per heavy atom. The van der Waals surface area contributed by atoms with Gasteiger partial charge >= 0.3 is 10.2 Å². The molecule has 0 amide bonds. The number of nitrogens with zero attached hydrogens (tertiary/aromatic N) is 3. The normalized spacial score (nSPS) is 12.3. The predicted molar refractivity (Wildman–Crippen MR) is 82.2 cm³/mol. The van der Waals surface area contributed by atoms with Crippen molar-refractivity contribution in [2.24, 2.45) is 5.92 Å². The van der Waals surface area contributed by atoms with Crippen molar-refractivity contribution in [1.82, 2.24) is 19.8 Å².